The zero-order valence-electron chi connectivity index (χ0n) is 18.3. The van der Waals surface area contributed by atoms with Gasteiger partial charge in [0, 0.05) is 61.6 Å². The highest BCUT2D eigenvalue weighted by Crippen LogP contribution is 2.44. The third kappa shape index (κ3) is 4.81. The highest BCUT2D eigenvalue weighted by molar-refractivity contribution is 7.23. The van der Waals surface area contributed by atoms with Crippen LogP contribution in [0.3, 0.4) is 0 Å². The number of ether oxygens (including phenoxy) is 1. The number of likely N-dealkylation sites (N-methyl/N-ethyl adjacent to an activating group) is 1. The van der Waals surface area contributed by atoms with Gasteiger partial charge in [-0.15, -0.1) is 36.2 Å². The van der Waals surface area contributed by atoms with E-state index in [0.29, 0.717) is 24.0 Å². The van der Waals surface area contributed by atoms with Crippen LogP contribution in [0, 0.1) is 11.6 Å². The number of fused-ring (bicyclic) bond motifs is 4. The van der Waals surface area contributed by atoms with Crippen molar-refractivity contribution in [3.05, 3.63) is 53.6 Å². The molecule has 1 N–H and O–H groups in total. The maximum absolute atomic E-state index is 14.1. The maximum atomic E-state index is 14.1. The van der Waals surface area contributed by atoms with Gasteiger partial charge in [0.1, 0.15) is 10.8 Å². The quantitative estimate of drug-likeness (QED) is 0.478. The van der Waals surface area contributed by atoms with E-state index >= 15 is 0 Å². The van der Waals surface area contributed by atoms with Gasteiger partial charge in [0.2, 0.25) is 0 Å². The zero-order chi connectivity index (χ0) is 21.5. The van der Waals surface area contributed by atoms with Crippen molar-refractivity contribution in [3.63, 3.8) is 0 Å². The SMILES string of the molecule is COCC[C@H]1CN(C2=Nc3cc(F)c(F)cc3Nc3sc4ccccc4c32)CCN1C.Cl.Cl. The summed E-state index contributed by atoms with van der Waals surface area (Å²) in [4.78, 5) is 9.52. The number of piperazine rings is 1. The van der Waals surface area contributed by atoms with Gasteiger partial charge in [0.05, 0.1) is 16.9 Å². The number of amidine groups is 1. The van der Waals surface area contributed by atoms with Crippen molar-refractivity contribution in [2.45, 2.75) is 12.5 Å². The highest BCUT2D eigenvalue weighted by atomic mass is 35.5. The minimum atomic E-state index is -0.893. The molecule has 3 aromatic rings. The van der Waals surface area contributed by atoms with Gasteiger partial charge in [-0.2, -0.15) is 0 Å². The molecule has 0 aliphatic carbocycles. The van der Waals surface area contributed by atoms with Crippen LogP contribution in [0.2, 0.25) is 0 Å². The number of halogens is 4. The molecule has 0 spiro atoms. The minimum Gasteiger partial charge on any atom is -0.385 e. The van der Waals surface area contributed by atoms with Crippen molar-refractivity contribution < 1.29 is 13.5 Å². The molecule has 0 bridgehead atoms. The lowest BCUT2D eigenvalue weighted by Gasteiger charge is -2.41. The number of thiophene rings is 1. The molecule has 5 rings (SSSR count). The summed E-state index contributed by atoms with van der Waals surface area (Å²) in [5.74, 6) is -0.970. The molecule has 1 aromatic heterocycles. The van der Waals surface area contributed by atoms with Crippen molar-refractivity contribution >= 4 is 68.4 Å². The molecule has 0 radical (unpaired) electrons. The van der Waals surface area contributed by atoms with E-state index in [4.69, 9.17) is 9.73 Å². The van der Waals surface area contributed by atoms with E-state index in [2.05, 4.69) is 34.3 Å². The molecule has 2 aliphatic heterocycles. The molecule has 1 saturated heterocycles. The van der Waals surface area contributed by atoms with Gasteiger partial charge in [-0.05, 0) is 19.5 Å². The van der Waals surface area contributed by atoms with Crippen LogP contribution in [0.4, 0.5) is 25.2 Å². The maximum Gasteiger partial charge on any atom is 0.161 e. The van der Waals surface area contributed by atoms with Crippen molar-refractivity contribution in [1.29, 1.82) is 0 Å². The van der Waals surface area contributed by atoms with Crippen LogP contribution < -0.4 is 5.32 Å². The number of hydrogen-bond acceptors (Lipinski definition) is 6. The molecule has 0 unspecified atom stereocenters. The molecule has 2 aromatic carbocycles. The summed E-state index contributed by atoms with van der Waals surface area (Å²) < 4.78 is 34.5. The van der Waals surface area contributed by atoms with Gasteiger partial charge in [-0.1, -0.05) is 18.2 Å². The molecule has 2 aliphatic rings. The van der Waals surface area contributed by atoms with Crippen LogP contribution in [0.5, 0.6) is 0 Å². The van der Waals surface area contributed by atoms with Crippen LogP contribution in [-0.2, 0) is 4.74 Å². The number of hydrogen-bond donors (Lipinski definition) is 1. The Labute approximate surface area is 208 Å². The van der Waals surface area contributed by atoms with Crippen LogP contribution >= 0.6 is 36.2 Å². The van der Waals surface area contributed by atoms with Gasteiger partial charge in [0.25, 0.3) is 0 Å². The lowest BCUT2D eigenvalue weighted by atomic mass is 10.1. The lowest BCUT2D eigenvalue weighted by molar-refractivity contribution is 0.100. The van der Waals surface area contributed by atoms with E-state index in [1.165, 1.54) is 12.1 Å². The van der Waals surface area contributed by atoms with E-state index in [1.54, 1.807) is 18.4 Å². The highest BCUT2D eigenvalue weighted by Gasteiger charge is 2.31. The zero-order valence-corrected chi connectivity index (χ0v) is 20.8. The second-order valence-electron chi connectivity index (χ2n) is 8.01. The Morgan fingerprint density at radius 2 is 1.91 bits per heavy atom. The Morgan fingerprint density at radius 3 is 2.70 bits per heavy atom. The molecule has 0 amide bonds. The molecule has 3 heterocycles. The molecular weight excluding hydrogens is 489 g/mol. The van der Waals surface area contributed by atoms with Crippen LogP contribution in [0.1, 0.15) is 12.0 Å². The minimum absolute atomic E-state index is 0. The second-order valence-corrected chi connectivity index (χ2v) is 9.06. The van der Waals surface area contributed by atoms with Crippen LogP contribution in [0.15, 0.2) is 41.4 Å². The summed E-state index contributed by atoms with van der Waals surface area (Å²) in [6.45, 7) is 3.18. The molecule has 10 heteroatoms. The average molecular weight is 515 g/mol. The molecular formula is C23H26Cl2F2N4OS. The Morgan fingerprint density at radius 1 is 1.15 bits per heavy atom. The summed E-state index contributed by atoms with van der Waals surface area (Å²) >= 11 is 1.60. The van der Waals surface area contributed by atoms with E-state index < -0.39 is 11.6 Å². The topological polar surface area (TPSA) is 40.1 Å². The van der Waals surface area contributed by atoms with Crippen LogP contribution in [0.25, 0.3) is 10.1 Å². The van der Waals surface area contributed by atoms with Crippen molar-refractivity contribution in [1.82, 2.24) is 9.80 Å². The van der Waals surface area contributed by atoms with Crippen molar-refractivity contribution in [3.8, 4) is 0 Å². The molecule has 178 valence electrons. The van der Waals surface area contributed by atoms with E-state index in [-0.39, 0.29) is 24.8 Å². The van der Waals surface area contributed by atoms with E-state index in [9.17, 15) is 8.78 Å². The molecule has 5 nitrogen and oxygen atoms in total. The fourth-order valence-electron chi connectivity index (χ4n) is 4.31. The Balaban J connectivity index is 0.00000153. The first-order valence-electron chi connectivity index (χ1n) is 10.4. The summed E-state index contributed by atoms with van der Waals surface area (Å²) in [7, 11) is 3.85. The summed E-state index contributed by atoms with van der Waals surface area (Å²) in [6.07, 6.45) is 0.919. The number of nitrogens with zero attached hydrogens (tertiary/aromatic N) is 3. The normalized spacial score (nSPS) is 17.8. The van der Waals surface area contributed by atoms with Gasteiger partial charge in [-0.25, -0.2) is 13.8 Å². The van der Waals surface area contributed by atoms with Crippen LogP contribution in [-0.4, -0.2) is 62.1 Å². The number of methoxy groups -OCH3 is 1. The standard InChI is InChI=1S/C23H24F2N4OS.2ClH/c1-28-8-9-29(13-14(28)7-10-30-2)22-21-15-5-3-4-6-20(15)31-23(21)27-19-12-17(25)16(24)11-18(19)26-22;;/h3-6,11-12,14,27H,7-10,13H2,1-2H3;2*1H/t14-;;/m0../s1. The lowest BCUT2D eigenvalue weighted by Crippen LogP contribution is -2.53. The predicted octanol–water partition coefficient (Wildman–Crippen LogP) is 5.81. The molecule has 0 saturated carbocycles. The number of benzene rings is 2. The number of nitrogens with one attached hydrogen (secondary N) is 1. The predicted molar refractivity (Wildman–Crippen MR) is 137 cm³/mol. The smallest absolute Gasteiger partial charge is 0.161 e. The first-order chi connectivity index (χ1) is 15.0. The Bertz CT molecular complexity index is 1170. The summed E-state index contributed by atoms with van der Waals surface area (Å²) in [5.41, 5.74) is 1.88. The van der Waals surface area contributed by atoms with Gasteiger partial charge in [-0.3, -0.25) is 4.90 Å². The Hall–Kier alpha value is -1.97. The largest absolute Gasteiger partial charge is 0.385 e. The van der Waals surface area contributed by atoms with Crippen molar-refractivity contribution in [2.24, 2.45) is 4.99 Å². The number of rotatable bonds is 3. The first kappa shape index (κ1) is 25.6. The Kier molecular flexibility index (Phi) is 8.18. The fourth-order valence-corrected chi connectivity index (χ4v) is 5.42. The average Bonchev–Trinajstić information content (AvgIpc) is 3.05. The monoisotopic (exact) mass is 514 g/mol. The summed E-state index contributed by atoms with van der Waals surface area (Å²) in [5, 5.41) is 5.32. The first-order valence-corrected chi connectivity index (χ1v) is 11.2. The van der Waals surface area contributed by atoms with Gasteiger partial charge < -0.3 is 15.0 Å². The number of aliphatic imine (C=N–C) groups is 1. The molecule has 33 heavy (non-hydrogen) atoms. The second kappa shape index (κ2) is 10.5. The van der Waals surface area contributed by atoms with Crippen molar-refractivity contribution in [2.75, 3.05) is 45.7 Å². The molecule has 1 atom stereocenters. The number of anilines is 2. The van der Waals surface area contributed by atoms with Gasteiger partial charge >= 0.3 is 0 Å². The third-order valence-electron chi connectivity index (χ3n) is 6.06. The molecule has 1 fully saturated rings. The third-order valence-corrected chi connectivity index (χ3v) is 7.15. The van der Waals surface area contributed by atoms with E-state index in [1.807, 2.05) is 12.1 Å². The fraction of sp³-hybridized carbons (Fsp3) is 0.348. The van der Waals surface area contributed by atoms with Gasteiger partial charge in [0.15, 0.2) is 11.6 Å². The summed E-state index contributed by atoms with van der Waals surface area (Å²) in [6, 6.07) is 10.9. The van der Waals surface area contributed by atoms with E-state index in [0.717, 1.165) is 52.5 Å².